The minimum Gasteiger partial charge on any atom is -0.408 e. The predicted molar refractivity (Wildman–Crippen MR) is 45.3 cm³/mol. The molecule has 5 nitrogen and oxygen atoms in total. The van der Waals surface area contributed by atoms with Crippen LogP contribution in [0.4, 0.5) is 0 Å². The van der Waals surface area contributed by atoms with Crippen molar-refractivity contribution in [2.45, 2.75) is 6.92 Å². The number of aryl methyl sites for hydroxylation is 1. The molecule has 2 aromatic heterocycles. The van der Waals surface area contributed by atoms with Crippen molar-refractivity contribution in [3.63, 3.8) is 0 Å². The van der Waals surface area contributed by atoms with E-state index in [1.165, 1.54) is 11.5 Å². The monoisotopic (exact) mass is 200 g/mol. The van der Waals surface area contributed by atoms with E-state index in [1.807, 2.05) is 6.92 Å². The molecule has 0 unspecified atom stereocenters. The zero-order chi connectivity index (χ0) is 8.55. The zero-order valence-electron chi connectivity index (χ0n) is 6.07. The van der Waals surface area contributed by atoms with Crippen molar-refractivity contribution in [3.8, 4) is 10.8 Å². The standard InChI is InChI=1S/C5H4N4OS2/c1-2-3(12-9-6-2)4-7-8-5(11)10-4/h1H3,(H,8,11). The van der Waals surface area contributed by atoms with Crippen LogP contribution >= 0.6 is 23.8 Å². The molecule has 0 saturated carbocycles. The van der Waals surface area contributed by atoms with Gasteiger partial charge >= 0.3 is 0 Å². The van der Waals surface area contributed by atoms with Gasteiger partial charge < -0.3 is 4.42 Å². The number of rotatable bonds is 1. The third-order valence-corrected chi connectivity index (χ3v) is 2.27. The van der Waals surface area contributed by atoms with Crippen LogP contribution in [-0.2, 0) is 0 Å². The van der Waals surface area contributed by atoms with Crippen molar-refractivity contribution in [3.05, 3.63) is 10.5 Å². The van der Waals surface area contributed by atoms with Crippen LogP contribution in [0.2, 0.25) is 0 Å². The maximum Gasteiger partial charge on any atom is 0.284 e. The average Bonchev–Trinajstić information content (AvgIpc) is 2.58. The Balaban J connectivity index is 2.57. The fraction of sp³-hybridized carbons (Fsp3) is 0.200. The number of nitrogens with one attached hydrogen (secondary N) is 1. The van der Waals surface area contributed by atoms with Crippen LogP contribution in [0.1, 0.15) is 5.69 Å². The van der Waals surface area contributed by atoms with Crippen molar-refractivity contribution < 1.29 is 4.42 Å². The minimum atomic E-state index is 0.262. The fourth-order valence-corrected chi connectivity index (χ4v) is 1.46. The summed E-state index contributed by atoms with van der Waals surface area (Å²) in [5, 5.41) is 10.2. The second-order valence-corrected chi connectivity index (χ2v) is 3.23. The second-order valence-electron chi connectivity index (χ2n) is 2.11. The molecule has 1 N–H and O–H groups in total. The maximum absolute atomic E-state index is 5.09. The Morgan fingerprint density at radius 2 is 2.42 bits per heavy atom. The fourth-order valence-electron chi connectivity index (χ4n) is 0.755. The Labute approximate surface area is 76.6 Å². The third-order valence-electron chi connectivity index (χ3n) is 1.28. The SMILES string of the molecule is Cc1nnsc1-c1n[nH]c(=S)o1. The molecule has 0 spiro atoms. The van der Waals surface area contributed by atoms with E-state index >= 15 is 0 Å². The normalized spacial score (nSPS) is 10.4. The first-order valence-electron chi connectivity index (χ1n) is 3.12. The molecule has 62 valence electrons. The molecule has 0 aliphatic rings. The van der Waals surface area contributed by atoms with Gasteiger partial charge in [-0.05, 0) is 30.7 Å². The summed E-state index contributed by atoms with van der Waals surface area (Å²) in [6.07, 6.45) is 0. The Morgan fingerprint density at radius 1 is 1.58 bits per heavy atom. The Morgan fingerprint density at radius 3 is 2.92 bits per heavy atom. The molecule has 12 heavy (non-hydrogen) atoms. The summed E-state index contributed by atoms with van der Waals surface area (Å²) in [4.78, 5) is 1.07. The van der Waals surface area contributed by atoms with Gasteiger partial charge in [-0.1, -0.05) is 4.49 Å². The first kappa shape index (κ1) is 7.56. The number of hydrogen-bond acceptors (Lipinski definition) is 6. The predicted octanol–water partition coefficient (Wildman–Crippen LogP) is 1.56. The lowest BCUT2D eigenvalue weighted by Crippen LogP contribution is -1.77. The molecule has 2 heterocycles. The topological polar surface area (TPSA) is 67.6 Å². The van der Waals surface area contributed by atoms with Gasteiger partial charge in [0.15, 0.2) is 0 Å². The molecule has 0 bridgehead atoms. The highest BCUT2D eigenvalue weighted by Gasteiger charge is 2.10. The Kier molecular flexibility index (Phi) is 1.74. The minimum absolute atomic E-state index is 0.262. The van der Waals surface area contributed by atoms with Gasteiger partial charge in [0.2, 0.25) is 0 Å². The number of aromatic nitrogens is 4. The molecule has 0 amide bonds. The second kappa shape index (κ2) is 2.76. The van der Waals surface area contributed by atoms with Crippen LogP contribution in [0.15, 0.2) is 4.42 Å². The molecule has 0 aromatic carbocycles. The van der Waals surface area contributed by atoms with Crippen molar-refractivity contribution in [1.82, 2.24) is 19.8 Å². The van der Waals surface area contributed by atoms with Crippen LogP contribution in [0.5, 0.6) is 0 Å². The summed E-state index contributed by atoms with van der Waals surface area (Å²) in [6.45, 7) is 1.84. The number of aromatic amines is 1. The first-order chi connectivity index (χ1) is 5.77. The molecular weight excluding hydrogens is 196 g/mol. The lowest BCUT2D eigenvalue weighted by molar-refractivity contribution is 0.553. The van der Waals surface area contributed by atoms with Gasteiger partial charge in [-0.2, -0.15) is 0 Å². The molecule has 0 atom stereocenters. The highest BCUT2D eigenvalue weighted by atomic mass is 32.1. The van der Waals surface area contributed by atoms with Crippen molar-refractivity contribution in [2.75, 3.05) is 0 Å². The summed E-state index contributed by atoms with van der Waals surface area (Å²) >= 11 is 5.96. The lowest BCUT2D eigenvalue weighted by atomic mass is 10.4. The van der Waals surface area contributed by atoms with E-state index in [0.717, 1.165) is 10.6 Å². The summed E-state index contributed by atoms with van der Waals surface area (Å²) in [7, 11) is 0. The van der Waals surface area contributed by atoms with E-state index in [4.69, 9.17) is 16.6 Å². The number of nitrogens with zero attached hydrogens (tertiary/aromatic N) is 3. The van der Waals surface area contributed by atoms with Crippen LogP contribution in [0.3, 0.4) is 0 Å². The van der Waals surface area contributed by atoms with Gasteiger partial charge in [-0.15, -0.1) is 10.2 Å². The van der Waals surface area contributed by atoms with Gasteiger partial charge in [0.1, 0.15) is 4.88 Å². The largest absolute Gasteiger partial charge is 0.408 e. The Bertz CT molecular complexity index is 442. The molecule has 2 aromatic rings. The van der Waals surface area contributed by atoms with Gasteiger partial charge in [-0.25, -0.2) is 5.10 Å². The van der Waals surface area contributed by atoms with E-state index in [1.54, 1.807) is 0 Å². The quantitative estimate of drug-likeness (QED) is 0.707. The smallest absolute Gasteiger partial charge is 0.284 e. The van der Waals surface area contributed by atoms with Gasteiger partial charge in [0, 0.05) is 0 Å². The molecule has 0 radical (unpaired) electrons. The average molecular weight is 200 g/mol. The molecule has 0 fully saturated rings. The summed E-state index contributed by atoms with van der Waals surface area (Å²) < 4.78 is 8.84. The summed E-state index contributed by atoms with van der Waals surface area (Å²) in [5.41, 5.74) is 0.797. The highest BCUT2D eigenvalue weighted by Crippen LogP contribution is 2.22. The van der Waals surface area contributed by atoms with E-state index in [2.05, 4.69) is 19.8 Å². The molecular formula is C5H4N4OS2. The summed E-state index contributed by atoms with van der Waals surface area (Å²) in [6, 6.07) is 0. The number of hydrogen-bond donors (Lipinski definition) is 1. The number of H-pyrrole nitrogens is 1. The van der Waals surface area contributed by atoms with Gasteiger partial charge in [0.25, 0.3) is 10.7 Å². The van der Waals surface area contributed by atoms with Gasteiger partial charge in [-0.3, -0.25) is 0 Å². The molecule has 2 rings (SSSR count). The molecule has 7 heteroatoms. The van der Waals surface area contributed by atoms with E-state index in [0.29, 0.717) is 5.89 Å². The van der Waals surface area contributed by atoms with Crippen molar-refractivity contribution in [1.29, 1.82) is 0 Å². The third kappa shape index (κ3) is 1.16. The summed E-state index contributed by atoms with van der Waals surface area (Å²) in [5.74, 6) is 0.451. The zero-order valence-corrected chi connectivity index (χ0v) is 7.70. The lowest BCUT2D eigenvalue weighted by Gasteiger charge is -1.84. The van der Waals surface area contributed by atoms with Crippen molar-refractivity contribution >= 4 is 23.8 Å². The van der Waals surface area contributed by atoms with Gasteiger partial charge in [0.05, 0.1) is 5.69 Å². The van der Waals surface area contributed by atoms with Crippen LogP contribution < -0.4 is 0 Å². The van der Waals surface area contributed by atoms with E-state index in [-0.39, 0.29) is 4.84 Å². The van der Waals surface area contributed by atoms with E-state index in [9.17, 15) is 0 Å². The molecule has 0 saturated heterocycles. The highest BCUT2D eigenvalue weighted by molar-refractivity contribution is 7.71. The maximum atomic E-state index is 5.09. The van der Waals surface area contributed by atoms with Crippen LogP contribution in [0.25, 0.3) is 10.8 Å². The van der Waals surface area contributed by atoms with E-state index < -0.39 is 0 Å². The van der Waals surface area contributed by atoms with Crippen LogP contribution in [0, 0.1) is 11.8 Å². The van der Waals surface area contributed by atoms with Crippen molar-refractivity contribution in [2.24, 2.45) is 0 Å². The first-order valence-corrected chi connectivity index (χ1v) is 4.30. The molecule has 0 aliphatic heterocycles. The Hall–Kier alpha value is -1.08. The molecule has 0 aliphatic carbocycles. The van der Waals surface area contributed by atoms with Crippen LogP contribution in [-0.4, -0.2) is 19.8 Å².